The highest BCUT2D eigenvalue weighted by molar-refractivity contribution is 5.98. The highest BCUT2D eigenvalue weighted by atomic mass is 16.5. The standard InChI is InChI=1S/C61H104N12O13/c1-15-38(8)53(71(12)59(81)51(36(4)5)69-58(80)52(37(6)7)70(10)11)46(85-13)33-49(76)73-29-17-19-45(73)54(86-14)39(9)55(77)66-43(34-62)32-40-20-22-42(23-21-40)65-56(78)44(18-16-28-64-61(63)84)67-57(79)50(35(2)3)68-47(74)24-25-48(75)72-30-26-41(27-31-72)60(82)83/h20-23,35-39,41,43-46,50-54H,15-19,24-34,62H2,1-14H3,(H,65,78)(H,66,77)(H,67,79)(H,68,74)(H,69,80)(H,82,83)(H3,63,64,84)/t38-,39+,43-,44-,45-,46+,50-,51-,52-,53-,54+/m0/s1. The van der Waals surface area contributed by atoms with Crippen LogP contribution in [0.2, 0.25) is 0 Å². The normalized spacial score (nSPS) is 18.2. The van der Waals surface area contributed by atoms with Gasteiger partial charge in [0.1, 0.15) is 18.1 Å². The van der Waals surface area contributed by atoms with Crippen molar-refractivity contribution < 1.29 is 62.5 Å². The zero-order valence-electron chi connectivity index (χ0n) is 53.6. The van der Waals surface area contributed by atoms with Crippen molar-refractivity contribution >= 4 is 64.9 Å². The van der Waals surface area contributed by atoms with Gasteiger partial charge in [-0.2, -0.15) is 0 Å². The molecule has 0 unspecified atom stereocenters. The summed E-state index contributed by atoms with van der Waals surface area (Å²) in [6.07, 6.45) is 1.56. The van der Waals surface area contributed by atoms with Gasteiger partial charge in [-0.3, -0.25) is 48.1 Å². The molecule has 0 bridgehead atoms. The van der Waals surface area contributed by atoms with Crippen molar-refractivity contribution in [3.63, 3.8) is 0 Å². The van der Waals surface area contributed by atoms with Crippen LogP contribution in [0.25, 0.3) is 0 Å². The zero-order chi connectivity index (χ0) is 64.7. The van der Waals surface area contributed by atoms with E-state index in [1.54, 1.807) is 61.9 Å². The molecule has 2 saturated heterocycles. The number of carbonyl (C=O) groups excluding carboxylic acids is 9. The Kier molecular flexibility index (Phi) is 30.9. The predicted octanol–water partition coefficient (Wildman–Crippen LogP) is 2.44. The molecule has 0 radical (unpaired) electrons. The Morgan fingerprint density at radius 2 is 1.36 bits per heavy atom. The van der Waals surface area contributed by atoms with Gasteiger partial charge >= 0.3 is 12.0 Å². The number of primary amides is 1. The van der Waals surface area contributed by atoms with Crippen molar-refractivity contribution in [2.45, 2.75) is 187 Å². The molecule has 86 heavy (non-hydrogen) atoms. The molecule has 25 heteroatoms. The van der Waals surface area contributed by atoms with Gasteiger partial charge in [-0.25, -0.2) is 4.79 Å². The summed E-state index contributed by atoms with van der Waals surface area (Å²) in [5, 5.41) is 26.1. The largest absolute Gasteiger partial charge is 0.481 e. The molecule has 11 atom stereocenters. The third kappa shape index (κ3) is 22.1. The Morgan fingerprint density at radius 1 is 0.733 bits per heavy atom. The van der Waals surface area contributed by atoms with E-state index in [2.05, 4.69) is 31.9 Å². The number of piperidine rings is 1. The van der Waals surface area contributed by atoms with Crippen molar-refractivity contribution in [2.24, 2.45) is 47.0 Å². The van der Waals surface area contributed by atoms with Crippen molar-refractivity contribution in [1.29, 1.82) is 0 Å². The fourth-order valence-electron chi connectivity index (χ4n) is 11.8. The molecule has 3 rings (SSSR count). The van der Waals surface area contributed by atoms with E-state index in [0.717, 1.165) is 5.56 Å². The van der Waals surface area contributed by atoms with Crippen molar-refractivity contribution in [1.82, 2.24) is 46.2 Å². The first-order valence-corrected chi connectivity index (χ1v) is 30.6. The minimum absolute atomic E-state index is 0.00397. The SMILES string of the molecule is CC[C@H](C)[C@@H]([C@@H](CC(=O)N1CCC[C@H]1[C@H](OC)[C@@H](C)C(=O)N[C@H](CN)Cc1ccc(NC(=O)[C@H](CCCNC(N)=O)NC(=O)[C@@H](NC(=O)CCC(=O)N2CCC(C(=O)O)CC2)C(C)C)cc1)OC)N(C)C(=O)[C@@H](NC(=O)[C@H](C(C)C)N(C)C)C(C)C. The third-order valence-electron chi connectivity index (χ3n) is 16.9. The monoisotopic (exact) mass is 1210 g/mol. The average Bonchev–Trinajstić information content (AvgIpc) is 2.15. The lowest BCUT2D eigenvalue weighted by Crippen LogP contribution is -2.59. The number of urea groups is 1. The van der Waals surface area contributed by atoms with E-state index in [-0.39, 0.29) is 106 Å². The highest BCUT2D eigenvalue weighted by Gasteiger charge is 2.44. The lowest BCUT2D eigenvalue weighted by atomic mass is 9.89. The van der Waals surface area contributed by atoms with Crippen LogP contribution in [-0.2, 0) is 59.0 Å². The number of hydrogen-bond acceptors (Lipinski definition) is 14. The summed E-state index contributed by atoms with van der Waals surface area (Å²) in [6.45, 7) is 18.2. The summed E-state index contributed by atoms with van der Waals surface area (Å²) in [7, 11) is 8.44. The van der Waals surface area contributed by atoms with Gasteiger partial charge in [0.05, 0.1) is 48.6 Å². The molecule has 0 aromatic heterocycles. The molecule has 2 aliphatic heterocycles. The van der Waals surface area contributed by atoms with Crippen LogP contribution in [0, 0.1) is 35.5 Å². The molecule has 0 aliphatic carbocycles. The zero-order valence-corrected chi connectivity index (χ0v) is 53.6. The molecule has 10 amide bonds. The number of rotatable bonds is 35. The van der Waals surface area contributed by atoms with E-state index in [9.17, 15) is 53.1 Å². The van der Waals surface area contributed by atoms with Crippen LogP contribution in [0.5, 0.6) is 0 Å². The van der Waals surface area contributed by atoms with Crippen LogP contribution >= 0.6 is 0 Å². The van der Waals surface area contributed by atoms with Gasteiger partial charge in [0.2, 0.25) is 47.3 Å². The van der Waals surface area contributed by atoms with E-state index in [1.807, 2.05) is 60.5 Å². The first-order valence-electron chi connectivity index (χ1n) is 30.6. The van der Waals surface area contributed by atoms with Crippen LogP contribution in [0.3, 0.4) is 0 Å². The molecular weight excluding hydrogens is 1110 g/mol. The van der Waals surface area contributed by atoms with Gasteiger partial charge in [0.25, 0.3) is 0 Å². The predicted molar refractivity (Wildman–Crippen MR) is 327 cm³/mol. The molecule has 486 valence electrons. The van der Waals surface area contributed by atoms with E-state index in [4.69, 9.17) is 20.9 Å². The van der Waals surface area contributed by atoms with E-state index < -0.39 is 102 Å². The van der Waals surface area contributed by atoms with Crippen molar-refractivity contribution in [3.05, 3.63) is 29.8 Å². The van der Waals surface area contributed by atoms with Crippen molar-refractivity contribution in [2.75, 3.05) is 73.4 Å². The van der Waals surface area contributed by atoms with Crippen LogP contribution in [0.4, 0.5) is 10.5 Å². The second-order valence-corrected chi connectivity index (χ2v) is 24.6. The van der Waals surface area contributed by atoms with Crippen LogP contribution in [-0.4, -0.2) is 207 Å². The van der Waals surface area contributed by atoms with Gasteiger partial charge in [-0.15, -0.1) is 0 Å². The summed E-state index contributed by atoms with van der Waals surface area (Å²) < 4.78 is 12.1. The minimum atomic E-state index is -1.11. The first-order chi connectivity index (χ1) is 40.5. The average molecular weight is 1210 g/mol. The number of ether oxygens (including phenoxy) is 2. The fourth-order valence-corrected chi connectivity index (χ4v) is 11.8. The number of nitrogens with zero attached hydrogens (tertiary/aromatic N) is 4. The number of carbonyl (C=O) groups is 10. The third-order valence-corrected chi connectivity index (χ3v) is 16.9. The topological polar surface area (TPSA) is 347 Å². The number of likely N-dealkylation sites (N-methyl/N-ethyl adjacent to an activating group) is 2. The molecular formula is C61H104N12O13. The second kappa shape index (κ2) is 36.0. The summed E-state index contributed by atoms with van der Waals surface area (Å²) >= 11 is 0. The van der Waals surface area contributed by atoms with Gasteiger partial charge in [0, 0.05) is 78.6 Å². The Balaban J connectivity index is 1.68. The molecule has 1 aromatic rings. The van der Waals surface area contributed by atoms with Crippen LogP contribution < -0.4 is 43.4 Å². The molecule has 2 aliphatic rings. The quantitative estimate of drug-likeness (QED) is 0.0441. The lowest BCUT2D eigenvalue weighted by Gasteiger charge is -2.41. The van der Waals surface area contributed by atoms with Crippen molar-refractivity contribution in [3.8, 4) is 0 Å². The number of aliphatic carboxylic acids is 1. The number of anilines is 1. The number of carboxylic acids is 1. The van der Waals surface area contributed by atoms with E-state index >= 15 is 0 Å². The summed E-state index contributed by atoms with van der Waals surface area (Å²) in [6, 6.07) is 1.23. The Morgan fingerprint density at radius 3 is 1.88 bits per heavy atom. The molecule has 11 N–H and O–H groups in total. The Bertz CT molecular complexity index is 2390. The maximum absolute atomic E-state index is 14.5. The number of carboxylic acid groups (broad SMARTS) is 1. The summed E-state index contributed by atoms with van der Waals surface area (Å²) in [5.41, 5.74) is 12.7. The maximum atomic E-state index is 14.5. The van der Waals surface area contributed by atoms with Gasteiger partial charge in [-0.1, -0.05) is 80.9 Å². The molecule has 1 aromatic carbocycles. The number of methoxy groups -OCH3 is 2. The number of nitrogens with two attached hydrogens (primary N) is 2. The van der Waals surface area contributed by atoms with Gasteiger partial charge in [0.15, 0.2) is 0 Å². The second-order valence-electron chi connectivity index (χ2n) is 24.6. The molecule has 25 nitrogen and oxygen atoms in total. The van der Waals surface area contributed by atoms with Crippen LogP contribution in [0.1, 0.15) is 132 Å². The Hall–Kier alpha value is -6.44. The molecule has 0 saturated carbocycles. The van der Waals surface area contributed by atoms with Gasteiger partial charge in [-0.05, 0) is 100 Å². The molecule has 2 heterocycles. The first kappa shape index (κ1) is 73.8. The smallest absolute Gasteiger partial charge is 0.312 e. The van der Waals surface area contributed by atoms with E-state index in [0.29, 0.717) is 50.8 Å². The van der Waals surface area contributed by atoms with E-state index in [1.165, 1.54) is 19.1 Å². The Labute approximate surface area is 509 Å². The number of likely N-dealkylation sites (tertiary alicyclic amines) is 2. The van der Waals surface area contributed by atoms with Crippen LogP contribution in [0.15, 0.2) is 24.3 Å². The number of nitrogens with one attached hydrogen (secondary N) is 6. The molecule has 0 spiro atoms. The minimum Gasteiger partial charge on any atom is -0.481 e. The number of benzene rings is 1. The number of amides is 10. The fraction of sp³-hybridized carbons (Fsp3) is 0.738. The number of hydrogen-bond donors (Lipinski definition) is 9. The lowest BCUT2D eigenvalue weighted by molar-refractivity contribution is -0.148. The highest BCUT2D eigenvalue weighted by Crippen LogP contribution is 2.30. The summed E-state index contributed by atoms with van der Waals surface area (Å²) in [5.74, 6) is -5.91. The molecule has 2 fully saturated rings. The van der Waals surface area contributed by atoms with Gasteiger partial charge < -0.3 is 72.6 Å². The maximum Gasteiger partial charge on any atom is 0.312 e. The summed E-state index contributed by atoms with van der Waals surface area (Å²) in [4.78, 5) is 140.